The van der Waals surface area contributed by atoms with E-state index < -0.39 is 0 Å². The standard InChI is InChI=1S/C12H19N3O/c1-13-12-4-2-3-11(14-12)8-15-6-5-10(7-15)9-16/h2-4,10,16H,5-9H2,1H3,(H,13,14). The Kier molecular flexibility index (Phi) is 3.74. The van der Waals surface area contributed by atoms with Crippen molar-refractivity contribution in [1.82, 2.24) is 9.88 Å². The second-order valence-electron chi connectivity index (χ2n) is 4.34. The van der Waals surface area contributed by atoms with Gasteiger partial charge in [0.1, 0.15) is 5.82 Å². The smallest absolute Gasteiger partial charge is 0.126 e. The molecule has 2 heterocycles. The maximum atomic E-state index is 9.08. The number of pyridine rings is 1. The highest BCUT2D eigenvalue weighted by molar-refractivity contribution is 5.34. The molecule has 0 bridgehead atoms. The summed E-state index contributed by atoms with van der Waals surface area (Å²) in [6, 6.07) is 6.03. The summed E-state index contributed by atoms with van der Waals surface area (Å²) in [5, 5.41) is 12.1. The highest BCUT2D eigenvalue weighted by Crippen LogP contribution is 2.17. The zero-order valence-electron chi connectivity index (χ0n) is 9.69. The van der Waals surface area contributed by atoms with Gasteiger partial charge in [-0.3, -0.25) is 4.90 Å². The lowest BCUT2D eigenvalue weighted by Gasteiger charge is -2.15. The van der Waals surface area contributed by atoms with Crippen LogP contribution < -0.4 is 5.32 Å². The Hall–Kier alpha value is -1.13. The third kappa shape index (κ3) is 2.71. The molecule has 1 aliphatic rings. The molecule has 1 saturated heterocycles. The number of hydrogen-bond acceptors (Lipinski definition) is 4. The summed E-state index contributed by atoms with van der Waals surface area (Å²) in [4.78, 5) is 6.84. The summed E-state index contributed by atoms with van der Waals surface area (Å²) in [7, 11) is 1.88. The fourth-order valence-electron chi connectivity index (χ4n) is 2.14. The summed E-state index contributed by atoms with van der Waals surface area (Å²) in [5.74, 6) is 1.36. The summed E-state index contributed by atoms with van der Waals surface area (Å²) < 4.78 is 0. The molecule has 1 aromatic heterocycles. The van der Waals surface area contributed by atoms with Crippen molar-refractivity contribution < 1.29 is 5.11 Å². The third-order valence-corrected chi connectivity index (χ3v) is 3.08. The van der Waals surface area contributed by atoms with E-state index in [-0.39, 0.29) is 0 Å². The molecule has 1 aromatic rings. The molecule has 0 amide bonds. The first-order valence-corrected chi connectivity index (χ1v) is 5.78. The number of anilines is 1. The molecule has 0 aromatic carbocycles. The molecule has 2 N–H and O–H groups in total. The molecule has 0 spiro atoms. The van der Waals surface area contributed by atoms with E-state index >= 15 is 0 Å². The van der Waals surface area contributed by atoms with Crippen molar-refractivity contribution in [2.24, 2.45) is 5.92 Å². The van der Waals surface area contributed by atoms with Crippen LogP contribution in [-0.2, 0) is 6.54 Å². The van der Waals surface area contributed by atoms with Gasteiger partial charge in [-0.15, -0.1) is 0 Å². The Bertz CT molecular complexity index is 343. The molecule has 4 nitrogen and oxygen atoms in total. The number of nitrogens with zero attached hydrogens (tertiary/aromatic N) is 2. The average Bonchev–Trinajstić information content (AvgIpc) is 2.77. The first-order valence-electron chi connectivity index (χ1n) is 5.78. The number of aromatic nitrogens is 1. The number of aliphatic hydroxyl groups excluding tert-OH is 1. The van der Waals surface area contributed by atoms with Gasteiger partial charge in [-0.05, 0) is 31.0 Å². The lowest BCUT2D eigenvalue weighted by Crippen LogP contribution is -2.21. The Morgan fingerprint density at radius 2 is 2.44 bits per heavy atom. The topological polar surface area (TPSA) is 48.4 Å². The second-order valence-corrected chi connectivity index (χ2v) is 4.34. The monoisotopic (exact) mass is 221 g/mol. The number of likely N-dealkylation sites (tertiary alicyclic amines) is 1. The molecule has 0 aliphatic carbocycles. The minimum absolute atomic E-state index is 0.306. The maximum Gasteiger partial charge on any atom is 0.126 e. The normalized spacial score (nSPS) is 21.2. The van der Waals surface area contributed by atoms with Crippen LogP contribution in [0.2, 0.25) is 0 Å². The Balaban J connectivity index is 1.94. The van der Waals surface area contributed by atoms with Crippen LogP contribution in [0.5, 0.6) is 0 Å². The molecule has 0 saturated carbocycles. The summed E-state index contributed by atoms with van der Waals surface area (Å²) >= 11 is 0. The molecule has 2 rings (SSSR count). The van der Waals surface area contributed by atoms with Gasteiger partial charge in [0.15, 0.2) is 0 Å². The molecule has 1 atom stereocenters. The van der Waals surface area contributed by atoms with Crippen molar-refractivity contribution in [2.45, 2.75) is 13.0 Å². The molecule has 1 fully saturated rings. The van der Waals surface area contributed by atoms with Gasteiger partial charge in [0.2, 0.25) is 0 Å². The lowest BCUT2D eigenvalue weighted by molar-refractivity contribution is 0.219. The van der Waals surface area contributed by atoms with Crippen LogP contribution in [0.1, 0.15) is 12.1 Å². The van der Waals surface area contributed by atoms with Crippen LogP contribution in [0, 0.1) is 5.92 Å². The zero-order chi connectivity index (χ0) is 11.4. The van der Waals surface area contributed by atoms with Crippen LogP contribution in [0.4, 0.5) is 5.82 Å². The van der Waals surface area contributed by atoms with Gasteiger partial charge >= 0.3 is 0 Å². The first kappa shape index (κ1) is 11.4. The predicted molar refractivity (Wildman–Crippen MR) is 64.3 cm³/mol. The minimum atomic E-state index is 0.306. The number of rotatable bonds is 4. The van der Waals surface area contributed by atoms with E-state index in [4.69, 9.17) is 5.11 Å². The molecule has 4 heteroatoms. The fourth-order valence-corrected chi connectivity index (χ4v) is 2.14. The van der Waals surface area contributed by atoms with Gasteiger partial charge in [-0.1, -0.05) is 6.07 Å². The van der Waals surface area contributed by atoms with Gasteiger partial charge in [0.25, 0.3) is 0 Å². The van der Waals surface area contributed by atoms with Crippen molar-refractivity contribution in [1.29, 1.82) is 0 Å². The largest absolute Gasteiger partial charge is 0.396 e. The van der Waals surface area contributed by atoms with E-state index in [1.165, 1.54) is 0 Å². The van der Waals surface area contributed by atoms with E-state index in [9.17, 15) is 0 Å². The molecule has 16 heavy (non-hydrogen) atoms. The number of hydrogen-bond donors (Lipinski definition) is 2. The van der Waals surface area contributed by atoms with Crippen molar-refractivity contribution in [2.75, 3.05) is 32.1 Å². The van der Waals surface area contributed by atoms with Gasteiger partial charge in [0.05, 0.1) is 5.69 Å². The Morgan fingerprint density at radius 1 is 1.56 bits per heavy atom. The molecular weight excluding hydrogens is 202 g/mol. The Labute approximate surface area is 96.3 Å². The minimum Gasteiger partial charge on any atom is -0.396 e. The fraction of sp³-hybridized carbons (Fsp3) is 0.583. The van der Waals surface area contributed by atoms with Crippen LogP contribution in [0.3, 0.4) is 0 Å². The van der Waals surface area contributed by atoms with Crippen LogP contribution in [0.25, 0.3) is 0 Å². The molecule has 0 radical (unpaired) electrons. The van der Waals surface area contributed by atoms with Gasteiger partial charge in [-0.25, -0.2) is 4.98 Å². The summed E-state index contributed by atoms with van der Waals surface area (Å²) in [5.41, 5.74) is 1.09. The highest BCUT2D eigenvalue weighted by Gasteiger charge is 2.21. The van der Waals surface area contributed by atoms with Crippen LogP contribution in [-0.4, -0.2) is 41.7 Å². The number of nitrogens with one attached hydrogen (secondary N) is 1. The Morgan fingerprint density at radius 3 is 3.12 bits per heavy atom. The maximum absolute atomic E-state index is 9.08. The summed E-state index contributed by atoms with van der Waals surface area (Å²) in [6.07, 6.45) is 1.10. The SMILES string of the molecule is CNc1cccc(CN2CCC(CO)C2)n1. The van der Waals surface area contributed by atoms with E-state index in [2.05, 4.69) is 15.2 Å². The number of aliphatic hydroxyl groups is 1. The third-order valence-electron chi connectivity index (χ3n) is 3.08. The molecule has 1 aliphatic heterocycles. The highest BCUT2D eigenvalue weighted by atomic mass is 16.3. The van der Waals surface area contributed by atoms with E-state index in [0.717, 1.165) is 37.6 Å². The quantitative estimate of drug-likeness (QED) is 0.794. The molecular formula is C12H19N3O. The van der Waals surface area contributed by atoms with E-state index in [1.54, 1.807) is 0 Å². The van der Waals surface area contributed by atoms with Crippen LogP contribution >= 0.6 is 0 Å². The van der Waals surface area contributed by atoms with Crippen molar-refractivity contribution in [3.8, 4) is 0 Å². The van der Waals surface area contributed by atoms with Gasteiger partial charge in [0, 0.05) is 26.7 Å². The van der Waals surface area contributed by atoms with Crippen molar-refractivity contribution in [3.05, 3.63) is 23.9 Å². The van der Waals surface area contributed by atoms with E-state index in [1.807, 2.05) is 25.2 Å². The summed E-state index contributed by atoms with van der Waals surface area (Å²) in [6.45, 7) is 3.24. The van der Waals surface area contributed by atoms with Gasteiger partial charge < -0.3 is 10.4 Å². The average molecular weight is 221 g/mol. The first-order chi connectivity index (χ1) is 7.81. The van der Waals surface area contributed by atoms with Crippen molar-refractivity contribution >= 4 is 5.82 Å². The molecule has 1 unspecified atom stereocenters. The second kappa shape index (κ2) is 5.27. The van der Waals surface area contributed by atoms with E-state index in [0.29, 0.717) is 12.5 Å². The zero-order valence-corrected chi connectivity index (χ0v) is 9.69. The van der Waals surface area contributed by atoms with Crippen LogP contribution in [0.15, 0.2) is 18.2 Å². The lowest BCUT2D eigenvalue weighted by atomic mass is 10.1. The van der Waals surface area contributed by atoms with Crippen molar-refractivity contribution in [3.63, 3.8) is 0 Å². The van der Waals surface area contributed by atoms with Gasteiger partial charge in [-0.2, -0.15) is 0 Å². The predicted octanol–water partition coefficient (Wildman–Crippen LogP) is 0.937. The molecule has 88 valence electrons.